The summed E-state index contributed by atoms with van der Waals surface area (Å²) in [5.74, 6) is -0.480. The highest BCUT2D eigenvalue weighted by Gasteiger charge is 2.47. The van der Waals surface area contributed by atoms with E-state index in [1.807, 2.05) is 0 Å². The lowest BCUT2D eigenvalue weighted by molar-refractivity contribution is -0.388. The van der Waals surface area contributed by atoms with E-state index >= 15 is 0 Å². The molecule has 0 radical (unpaired) electrons. The molecule has 1 aliphatic rings. The molecule has 0 aromatic heterocycles. The first kappa shape index (κ1) is 20.5. The number of hydrogen-bond acceptors (Lipinski definition) is 7. The van der Waals surface area contributed by atoms with E-state index in [9.17, 15) is 36.5 Å². The molecule has 1 aromatic rings. The number of carbonyl (C=O) groups excluding carboxylic acids is 1. The van der Waals surface area contributed by atoms with Gasteiger partial charge in [-0.1, -0.05) is 0 Å². The zero-order chi connectivity index (χ0) is 19.5. The molecular formula is C13H13F3N2O6S2. The molecular weight excluding hydrogens is 401 g/mol. The van der Waals surface area contributed by atoms with Gasteiger partial charge in [-0.05, 0) is 12.1 Å². The van der Waals surface area contributed by atoms with Crippen LogP contribution in [0.25, 0.3) is 0 Å². The number of alkyl halides is 3. The normalized spacial score (nSPS) is 15.7. The minimum Gasteiger partial charge on any atom is -0.378 e. The minimum atomic E-state index is -5.70. The molecule has 0 spiro atoms. The van der Waals surface area contributed by atoms with Crippen LogP contribution in [0.4, 0.5) is 18.9 Å². The Hall–Kier alpha value is -1.86. The van der Waals surface area contributed by atoms with Crippen LogP contribution in [0.15, 0.2) is 28.0 Å². The van der Waals surface area contributed by atoms with Gasteiger partial charge in [-0.2, -0.15) is 13.2 Å². The van der Waals surface area contributed by atoms with Crippen molar-refractivity contribution in [1.82, 2.24) is 4.90 Å². The highest BCUT2D eigenvalue weighted by Crippen LogP contribution is 2.36. The molecule has 1 saturated heterocycles. The number of carbonyl (C=O) groups is 1. The van der Waals surface area contributed by atoms with Crippen LogP contribution in [-0.2, 0) is 19.4 Å². The zero-order valence-corrected chi connectivity index (χ0v) is 14.7. The van der Waals surface area contributed by atoms with Crippen molar-refractivity contribution >= 4 is 33.2 Å². The molecule has 26 heavy (non-hydrogen) atoms. The van der Waals surface area contributed by atoms with Gasteiger partial charge in [0.1, 0.15) is 0 Å². The molecule has 1 fully saturated rings. The van der Waals surface area contributed by atoms with Crippen molar-refractivity contribution in [3.63, 3.8) is 0 Å². The Morgan fingerprint density at radius 2 is 1.92 bits per heavy atom. The van der Waals surface area contributed by atoms with Crippen LogP contribution in [0.1, 0.15) is 0 Å². The fourth-order valence-electron chi connectivity index (χ4n) is 2.11. The van der Waals surface area contributed by atoms with Crippen LogP contribution < -0.4 is 0 Å². The number of nitrogens with zero attached hydrogens (tertiary/aromatic N) is 2. The lowest BCUT2D eigenvalue weighted by Gasteiger charge is -2.26. The summed E-state index contributed by atoms with van der Waals surface area (Å²) >= 11 is 0.754. The minimum absolute atomic E-state index is 0.0993. The van der Waals surface area contributed by atoms with Crippen LogP contribution in [0, 0.1) is 10.1 Å². The summed E-state index contributed by atoms with van der Waals surface area (Å²) < 4.78 is 65.6. The molecule has 0 bridgehead atoms. The summed E-state index contributed by atoms with van der Waals surface area (Å²) in [7, 11) is -5.70. The van der Waals surface area contributed by atoms with Crippen molar-refractivity contribution in [2.24, 2.45) is 0 Å². The number of sulfone groups is 1. The van der Waals surface area contributed by atoms with Crippen LogP contribution in [0.5, 0.6) is 0 Å². The van der Waals surface area contributed by atoms with Gasteiger partial charge in [0.05, 0.1) is 33.7 Å². The summed E-state index contributed by atoms with van der Waals surface area (Å²) in [5, 5.41) is 11.1. The van der Waals surface area contributed by atoms with Gasteiger partial charge in [0.2, 0.25) is 5.91 Å². The van der Waals surface area contributed by atoms with E-state index in [0.29, 0.717) is 38.4 Å². The zero-order valence-electron chi connectivity index (χ0n) is 13.1. The van der Waals surface area contributed by atoms with Gasteiger partial charge >= 0.3 is 5.51 Å². The maximum Gasteiger partial charge on any atom is 0.501 e. The molecule has 1 aromatic carbocycles. The number of hydrogen-bond donors (Lipinski definition) is 0. The van der Waals surface area contributed by atoms with Crippen molar-refractivity contribution in [2.45, 2.75) is 15.3 Å². The van der Waals surface area contributed by atoms with Crippen molar-refractivity contribution in [3.8, 4) is 0 Å². The molecule has 8 nitrogen and oxygen atoms in total. The summed E-state index contributed by atoms with van der Waals surface area (Å²) in [4.78, 5) is 22.3. The first-order chi connectivity index (χ1) is 12.0. The second-order valence-electron chi connectivity index (χ2n) is 5.12. The molecule has 13 heteroatoms. The van der Waals surface area contributed by atoms with Crippen molar-refractivity contribution in [2.75, 3.05) is 32.1 Å². The van der Waals surface area contributed by atoms with Gasteiger partial charge in [-0.3, -0.25) is 14.9 Å². The van der Waals surface area contributed by atoms with Crippen molar-refractivity contribution < 1.29 is 36.0 Å². The van der Waals surface area contributed by atoms with Crippen LogP contribution in [0.3, 0.4) is 0 Å². The predicted octanol–water partition coefficient (Wildman–Crippen LogP) is 1.84. The molecule has 1 aliphatic heterocycles. The number of ether oxygens (including phenoxy) is 1. The van der Waals surface area contributed by atoms with Gasteiger partial charge in [-0.15, -0.1) is 11.8 Å². The highest BCUT2D eigenvalue weighted by atomic mass is 32.2. The SMILES string of the molecule is O=C(CSc1ccc(S(=O)(=O)C(F)(F)F)cc1[N+](=O)[O-])N1CCOCC1. The third kappa shape index (κ3) is 4.45. The molecule has 0 unspecified atom stereocenters. The van der Waals surface area contributed by atoms with Gasteiger partial charge in [0, 0.05) is 19.2 Å². The fourth-order valence-corrected chi connectivity index (χ4v) is 3.79. The van der Waals surface area contributed by atoms with E-state index < -0.39 is 30.9 Å². The highest BCUT2D eigenvalue weighted by molar-refractivity contribution is 8.00. The first-order valence-electron chi connectivity index (χ1n) is 7.12. The quantitative estimate of drug-likeness (QED) is 0.411. The Morgan fingerprint density at radius 1 is 1.31 bits per heavy atom. The summed E-state index contributed by atoms with van der Waals surface area (Å²) in [6, 6.07) is 1.88. The number of benzene rings is 1. The van der Waals surface area contributed by atoms with Crippen LogP contribution in [-0.4, -0.2) is 61.7 Å². The third-order valence-electron chi connectivity index (χ3n) is 3.46. The molecule has 1 heterocycles. The Balaban J connectivity index is 2.21. The number of amides is 1. The maximum absolute atomic E-state index is 12.6. The van der Waals surface area contributed by atoms with E-state index in [2.05, 4.69) is 0 Å². The molecule has 1 amide bonds. The first-order valence-corrected chi connectivity index (χ1v) is 9.59. The predicted molar refractivity (Wildman–Crippen MR) is 84.5 cm³/mol. The monoisotopic (exact) mass is 414 g/mol. The van der Waals surface area contributed by atoms with Gasteiger partial charge in [0.25, 0.3) is 15.5 Å². The largest absolute Gasteiger partial charge is 0.501 e. The van der Waals surface area contributed by atoms with Crippen LogP contribution >= 0.6 is 11.8 Å². The lowest BCUT2D eigenvalue weighted by atomic mass is 10.3. The average Bonchev–Trinajstić information content (AvgIpc) is 2.59. The van der Waals surface area contributed by atoms with Gasteiger partial charge in [0.15, 0.2) is 0 Å². The number of nitro groups is 1. The fraction of sp³-hybridized carbons (Fsp3) is 0.462. The molecule has 0 aliphatic carbocycles. The Kier molecular flexibility index (Phi) is 6.13. The Morgan fingerprint density at radius 3 is 2.46 bits per heavy atom. The lowest BCUT2D eigenvalue weighted by Crippen LogP contribution is -2.41. The number of halogens is 3. The van der Waals surface area contributed by atoms with Crippen molar-refractivity contribution in [1.29, 1.82) is 0 Å². The summed E-state index contributed by atoms with van der Waals surface area (Å²) in [6.45, 7) is 1.51. The Labute approximate surface area is 150 Å². The number of morpholine rings is 1. The second kappa shape index (κ2) is 7.80. The number of thioether (sulfide) groups is 1. The van der Waals surface area contributed by atoms with Gasteiger partial charge in [-0.25, -0.2) is 8.42 Å². The molecule has 144 valence electrons. The van der Waals surface area contributed by atoms with E-state index in [0.717, 1.165) is 17.8 Å². The number of rotatable bonds is 5. The number of nitro benzene ring substituents is 1. The van der Waals surface area contributed by atoms with E-state index in [1.165, 1.54) is 4.90 Å². The maximum atomic E-state index is 12.6. The molecule has 2 rings (SSSR count). The smallest absolute Gasteiger partial charge is 0.378 e. The summed E-state index contributed by atoms with van der Waals surface area (Å²) in [6.07, 6.45) is 0. The molecule has 0 N–H and O–H groups in total. The second-order valence-corrected chi connectivity index (χ2v) is 8.08. The summed E-state index contributed by atoms with van der Waals surface area (Å²) in [5.41, 5.74) is -6.38. The van der Waals surface area contributed by atoms with Crippen molar-refractivity contribution in [3.05, 3.63) is 28.3 Å². The van der Waals surface area contributed by atoms with Crippen LogP contribution in [0.2, 0.25) is 0 Å². The molecule has 0 atom stereocenters. The van der Waals surface area contributed by atoms with E-state index in [1.54, 1.807) is 0 Å². The Bertz CT molecular complexity index is 807. The van der Waals surface area contributed by atoms with Gasteiger partial charge < -0.3 is 9.64 Å². The standard InChI is InChI=1S/C13H13F3N2O6S2/c14-13(15,16)26(22,23)9-1-2-11(10(7-9)18(20)21)25-8-12(19)17-3-5-24-6-4-17/h1-2,7H,3-6,8H2. The average molecular weight is 414 g/mol. The van der Waals surface area contributed by atoms with E-state index in [-0.39, 0.29) is 16.6 Å². The topological polar surface area (TPSA) is 107 Å². The van der Waals surface area contributed by atoms with E-state index in [4.69, 9.17) is 4.74 Å². The third-order valence-corrected chi connectivity index (χ3v) is 5.99. The molecule has 0 saturated carbocycles.